The molecule has 0 aliphatic heterocycles. The van der Waals surface area contributed by atoms with Gasteiger partial charge in [-0.05, 0) is 19.7 Å². The average Bonchev–Trinajstić information content (AvgIpc) is 2.22. The minimum absolute atomic E-state index is 0. The Hall–Kier alpha value is -1.38. The van der Waals surface area contributed by atoms with Crippen molar-refractivity contribution in [3.8, 4) is 0 Å². The zero-order chi connectivity index (χ0) is 11.8. The fraction of sp³-hybridized carbons (Fsp3) is 0.455. The summed E-state index contributed by atoms with van der Waals surface area (Å²) in [5, 5.41) is 2.39. The summed E-state index contributed by atoms with van der Waals surface area (Å²) in [5.41, 5.74) is 0. The maximum atomic E-state index is 9.70. The van der Waals surface area contributed by atoms with Crippen molar-refractivity contribution < 1.29 is 6.22 Å². The third-order valence-corrected chi connectivity index (χ3v) is 0.847. The zero-order valence-electron chi connectivity index (χ0n) is 9.87. The molecule has 1 amide bonds. The summed E-state index contributed by atoms with van der Waals surface area (Å²) in [7, 11) is 1.60. The van der Waals surface area contributed by atoms with Gasteiger partial charge in [0, 0.05) is 21.6 Å². The predicted molar refractivity (Wildman–Crippen MR) is 66.7 cm³/mol. The number of hydrogen-bond donors (Lipinski definition) is 1. The molecule has 84 valence electrons. The Bertz CT molecular complexity index is 177. The molecule has 1 N–H and O–H groups in total. The maximum absolute atomic E-state index is 9.70. The Morgan fingerprint density at radius 3 is 2.07 bits per heavy atom. The number of hydrogen-bond acceptors (Lipinski definition) is 2. The topological polar surface area (TPSA) is 41.5 Å². The van der Waals surface area contributed by atoms with Gasteiger partial charge in [-0.15, -0.1) is 0 Å². The molecule has 0 aliphatic carbocycles. The van der Waals surface area contributed by atoms with Crippen LogP contribution >= 0.6 is 0 Å². The van der Waals surface area contributed by atoms with Gasteiger partial charge in [0.15, 0.2) is 0 Å². The first-order chi connectivity index (χ1) is 6.68. The molecule has 0 radical (unpaired) electrons. The van der Waals surface area contributed by atoms with Crippen LogP contribution in [0.3, 0.4) is 0 Å². The molecule has 3 nitrogen and oxygen atoms in total. The molecule has 0 rings (SSSR count). The van der Waals surface area contributed by atoms with Crippen LogP contribution in [0.2, 0.25) is 0 Å². The van der Waals surface area contributed by atoms with Crippen LogP contribution in [0, 0.1) is 0 Å². The third-order valence-electron chi connectivity index (χ3n) is 0.847. The van der Waals surface area contributed by atoms with E-state index in [4.69, 9.17) is 0 Å². The lowest BCUT2D eigenvalue weighted by atomic mass is 10.5. The first-order valence-corrected chi connectivity index (χ1v) is 4.61. The smallest absolute Gasteiger partial charge is 0.216 e. The lowest BCUT2D eigenvalue weighted by Crippen LogP contribution is -2.11. The fourth-order valence-electron chi connectivity index (χ4n) is 0.222. The van der Waals surface area contributed by atoms with Gasteiger partial charge in [0.05, 0.1) is 0 Å². The molecule has 0 saturated carbocycles. The van der Waals surface area contributed by atoms with Gasteiger partial charge in [-0.25, -0.2) is 0 Å². The second-order valence-corrected chi connectivity index (χ2v) is 1.86. The summed E-state index contributed by atoms with van der Waals surface area (Å²) in [6.45, 7) is 10.7. The lowest BCUT2D eigenvalue weighted by Gasteiger charge is -1.80. The summed E-state index contributed by atoms with van der Waals surface area (Å²) in [6.07, 6.45) is 7.30. The number of carbonyl (C=O) groups excluding carboxylic acids is 1. The molecule has 0 aromatic carbocycles. The number of carbonyl (C=O) groups is 1. The van der Waals surface area contributed by atoms with Gasteiger partial charge in [-0.3, -0.25) is 9.79 Å². The van der Waals surface area contributed by atoms with E-state index in [9.17, 15) is 4.79 Å². The molecule has 0 aromatic heterocycles. The van der Waals surface area contributed by atoms with Crippen molar-refractivity contribution in [2.75, 3.05) is 7.05 Å². The quantitative estimate of drug-likeness (QED) is 0.540. The van der Waals surface area contributed by atoms with Gasteiger partial charge in [0.25, 0.3) is 0 Å². The number of amides is 1. The largest absolute Gasteiger partial charge is 0.359 e. The fourth-order valence-corrected chi connectivity index (χ4v) is 0.222. The van der Waals surface area contributed by atoms with Crippen molar-refractivity contribution in [3.63, 3.8) is 0 Å². The SMILES string of the molecule is C=N/C=C\C=C/C.CC.CNC(C)=O.[HH]. The molecular weight excluding hydrogens is 176 g/mol. The number of nitrogens with zero attached hydrogens (tertiary/aromatic N) is 1. The van der Waals surface area contributed by atoms with Crippen LogP contribution in [-0.4, -0.2) is 19.7 Å². The van der Waals surface area contributed by atoms with Gasteiger partial charge in [-0.1, -0.05) is 26.0 Å². The molecule has 3 heteroatoms. The Morgan fingerprint density at radius 2 is 1.86 bits per heavy atom. The van der Waals surface area contributed by atoms with Crippen molar-refractivity contribution in [3.05, 3.63) is 24.4 Å². The summed E-state index contributed by atoms with van der Waals surface area (Å²) in [5.74, 6) is 0.00463. The summed E-state index contributed by atoms with van der Waals surface area (Å²) in [6, 6.07) is 0. The monoisotopic (exact) mass is 200 g/mol. The summed E-state index contributed by atoms with van der Waals surface area (Å²) < 4.78 is 0. The van der Waals surface area contributed by atoms with Gasteiger partial charge in [0.2, 0.25) is 5.91 Å². The van der Waals surface area contributed by atoms with Crippen LogP contribution in [-0.2, 0) is 4.79 Å². The first-order valence-electron chi connectivity index (χ1n) is 4.61. The third kappa shape index (κ3) is 46.0. The second kappa shape index (κ2) is 22.6. The van der Waals surface area contributed by atoms with E-state index in [0.29, 0.717) is 0 Å². The maximum Gasteiger partial charge on any atom is 0.216 e. The highest BCUT2D eigenvalue weighted by Gasteiger charge is 1.72. The van der Waals surface area contributed by atoms with Crippen LogP contribution in [0.15, 0.2) is 29.4 Å². The standard InChI is InChI=1S/C6H9N.C3H7NO.C2H6.H2/c1-3-4-5-6-7-2;1-3(5)4-2;1-2;/h3-6H,2H2,1H3;1-2H3,(H,4,5);1-2H3;1H/b4-3-,6-5-;;;. The van der Waals surface area contributed by atoms with E-state index in [0.717, 1.165) is 0 Å². The lowest BCUT2D eigenvalue weighted by molar-refractivity contribution is -0.118. The highest BCUT2D eigenvalue weighted by Crippen LogP contribution is 1.73. The molecule has 14 heavy (non-hydrogen) atoms. The molecule has 0 atom stereocenters. The highest BCUT2D eigenvalue weighted by atomic mass is 16.1. The molecule has 0 spiro atoms. The van der Waals surface area contributed by atoms with Crippen molar-refractivity contribution in [1.29, 1.82) is 0 Å². The van der Waals surface area contributed by atoms with Crippen molar-refractivity contribution in [2.45, 2.75) is 27.7 Å². The van der Waals surface area contributed by atoms with Crippen molar-refractivity contribution in [2.24, 2.45) is 4.99 Å². The summed E-state index contributed by atoms with van der Waals surface area (Å²) >= 11 is 0. The van der Waals surface area contributed by atoms with Crippen LogP contribution in [0.1, 0.15) is 29.1 Å². The Balaban J connectivity index is -0.0000000675. The highest BCUT2D eigenvalue weighted by molar-refractivity contribution is 5.72. The van der Waals surface area contributed by atoms with E-state index in [1.165, 1.54) is 6.92 Å². The normalized spacial score (nSPS) is 8.36. The summed E-state index contributed by atoms with van der Waals surface area (Å²) in [4.78, 5) is 13.2. The minimum atomic E-state index is 0. The Morgan fingerprint density at radius 1 is 1.43 bits per heavy atom. The molecule has 0 heterocycles. The number of rotatable bonds is 2. The minimum Gasteiger partial charge on any atom is -0.359 e. The molecule has 0 unspecified atom stereocenters. The number of allylic oxidation sites excluding steroid dienone is 3. The van der Waals surface area contributed by atoms with Crippen LogP contribution < -0.4 is 5.32 Å². The van der Waals surface area contributed by atoms with Crippen LogP contribution in [0.5, 0.6) is 0 Å². The van der Waals surface area contributed by atoms with E-state index in [1.807, 2.05) is 39.0 Å². The second-order valence-electron chi connectivity index (χ2n) is 1.86. The number of aliphatic imine (C=N–C) groups is 1. The van der Waals surface area contributed by atoms with Crippen LogP contribution in [0.4, 0.5) is 0 Å². The van der Waals surface area contributed by atoms with E-state index >= 15 is 0 Å². The van der Waals surface area contributed by atoms with E-state index in [-0.39, 0.29) is 7.33 Å². The van der Waals surface area contributed by atoms with E-state index in [1.54, 1.807) is 13.2 Å². The average molecular weight is 200 g/mol. The molecular formula is C11H24N2O. The molecule has 0 aromatic rings. The first kappa shape index (κ1) is 18.4. The van der Waals surface area contributed by atoms with E-state index in [2.05, 4.69) is 17.0 Å². The predicted octanol–water partition coefficient (Wildman–Crippen LogP) is 2.80. The molecule has 0 bridgehead atoms. The van der Waals surface area contributed by atoms with Gasteiger partial charge < -0.3 is 5.32 Å². The van der Waals surface area contributed by atoms with E-state index < -0.39 is 0 Å². The van der Waals surface area contributed by atoms with Gasteiger partial charge in [-0.2, -0.15) is 0 Å². The molecule has 0 fully saturated rings. The van der Waals surface area contributed by atoms with Crippen molar-refractivity contribution in [1.82, 2.24) is 5.32 Å². The van der Waals surface area contributed by atoms with Crippen LogP contribution in [0.25, 0.3) is 0 Å². The van der Waals surface area contributed by atoms with Gasteiger partial charge in [0.1, 0.15) is 0 Å². The molecule has 0 aliphatic rings. The van der Waals surface area contributed by atoms with Crippen molar-refractivity contribution >= 4 is 12.6 Å². The number of nitrogens with one attached hydrogen (secondary N) is 1. The zero-order valence-corrected chi connectivity index (χ0v) is 9.87. The Kier molecular flexibility index (Phi) is 29.7. The van der Waals surface area contributed by atoms with Gasteiger partial charge >= 0.3 is 0 Å². The Labute approximate surface area is 89.1 Å². The molecule has 0 saturated heterocycles.